The topological polar surface area (TPSA) is 98.8 Å². The molecule has 2 N–H and O–H groups in total. The average Bonchev–Trinajstić information content (AvgIpc) is 2.91. The second-order valence-corrected chi connectivity index (χ2v) is 12.8. The van der Waals surface area contributed by atoms with Gasteiger partial charge in [0, 0.05) is 42.5 Å². The van der Waals surface area contributed by atoms with E-state index < -0.39 is 39.1 Å². The Morgan fingerprint density at radius 3 is 2.48 bits per heavy atom. The summed E-state index contributed by atoms with van der Waals surface area (Å²) < 4.78 is 38.9. The summed E-state index contributed by atoms with van der Waals surface area (Å²) in [5.74, 6) is -2.11. The van der Waals surface area contributed by atoms with Crippen LogP contribution in [-0.2, 0) is 20.4 Å². The van der Waals surface area contributed by atoms with Gasteiger partial charge in [0.25, 0.3) is 5.91 Å². The molecule has 1 fully saturated rings. The van der Waals surface area contributed by atoms with Crippen LogP contribution < -0.4 is 15.5 Å². The van der Waals surface area contributed by atoms with Crippen LogP contribution in [0.1, 0.15) is 27.0 Å². The molecule has 0 radical (unpaired) electrons. The molecule has 0 aliphatic carbocycles. The van der Waals surface area contributed by atoms with E-state index in [0.29, 0.717) is 30.0 Å². The standard InChI is InChI=1S/C29H30ClFN4O4S/c1-18-3-4-19(2)27(13-18)34-9-11-35(12-10-34)29(37)20-6-8-24-25(14-20)33-28(36)26(32-24)17-40(38,39)16-21-5-7-22(31)15-23(21)30/h3-8,13-15,26,32H,9-12,16-17H2,1-2H3,(H,33,36)/t26-/m1/s1. The van der Waals surface area contributed by atoms with E-state index in [9.17, 15) is 22.4 Å². The Balaban J connectivity index is 1.22. The lowest BCUT2D eigenvalue weighted by Crippen LogP contribution is -2.49. The number of carbonyl (C=O) groups is 2. The number of anilines is 3. The highest BCUT2D eigenvalue weighted by Crippen LogP contribution is 2.30. The number of hydrogen-bond donors (Lipinski definition) is 2. The lowest BCUT2D eigenvalue weighted by Gasteiger charge is -2.37. The number of sulfone groups is 1. The van der Waals surface area contributed by atoms with E-state index in [2.05, 4.69) is 47.6 Å². The van der Waals surface area contributed by atoms with Crippen molar-refractivity contribution >= 4 is 50.3 Å². The van der Waals surface area contributed by atoms with E-state index in [0.717, 1.165) is 25.2 Å². The van der Waals surface area contributed by atoms with Crippen LogP contribution in [0.3, 0.4) is 0 Å². The van der Waals surface area contributed by atoms with Crippen LogP contribution in [0.25, 0.3) is 0 Å². The number of rotatable bonds is 6. The molecular formula is C29H30ClFN4O4S. The molecule has 2 amide bonds. The van der Waals surface area contributed by atoms with Gasteiger partial charge in [-0.3, -0.25) is 9.59 Å². The van der Waals surface area contributed by atoms with Crippen LogP contribution >= 0.6 is 11.6 Å². The number of piperazine rings is 1. The van der Waals surface area contributed by atoms with Gasteiger partial charge < -0.3 is 20.4 Å². The molecule has 0 unspecified atom stereocenters. The minimum absolute atomic E-state index is 0.0128. The SMILES string of the molecule is Cc1ccc(C)c(N2CCN(C(=O)c3ccc4c(c3)NC(=O)[C@@H](CS(=O)(=O)Cc3ccc(F)cc3Cl)N4)CC2)c1. The minimum atomic E-state index is -3.77. The van der Waals surface area contributed by atoms with E-state index in [-0.39, 0.29) is 16.5 Å². The van der Waals surface area contributed by atoms with Crippen molar-refractivity contribution < 1.29 is 22.4 Å². The highest BCUT2D eigenvalue weighted by molar-refractivity contribution is 7.90. The third kappa shape index (κ3) is 6.08. The van der Waals surface area contributed by atoms with Crippen molar-refractivity contribution in [1.82, 2.24) is 4.90 Å². The second kappa shape index (κ2) is 11.1. The van der Waals surface area contributed by atoms with E-state index in [1.807, 2.05) is 0 Å². The summed E-state index contributed by atoms with van der Waals surface area (Å²) in [7, 11) is -3.77. The molecule has 40 heavy (non-hydrogen) atoms. The van der Waals surface area contributed by atoms with Crippen molar-refractivity contribution in [2.45, 2.75) is 25.6 Å². The van der Waals surface area contributed by atoms with Crippen LogP contribution in [0, 0.1) is 19.7 Å². The first-order chi connectivity index (χ1) is 19.0. The zero-order valence-corrected chi connectivity index (χ0v) is 23.8. The van der Waals surface area contributed by atoms with Gasteiger partial charge in [-0.05, 0) is 66.9 Å². The van der Waals surface area contributed by atoms with E-state index in [1.54, 1.807) is 23.1 Å². The van der Waals surface area contributed by atoms with Gasteiger partial charge in [0.1, 0.15) is 11.9 Å². The van der Waals surface area contributed by atoms with E-state index in [4.69, 9.17) is 11.6 Å². The predicted molar refractivity (Wildman–Crippen MR) is 155 cm³/mol. The lowest BCUT2D eigenvalue weighted by molar-refractivity contribution is -0.116. The Morgan fingerprint density at radius 1 is 1.00 bits per heavy atom. The van der Waals surface area contributed by atoms with Crippen LogP contribution in [0.15, 0.2) is 54.6 Å². The third-order valence-electron chi connectivity index (χ3n) is 7.25. The molecule has 0 saturated carbocycles. The van der Waals surface area contributed by atoms with Crippen LogP contribution in [0.2, 0.25) is 5.02 Å². The summed E-state index contributed by atoms with van der Waals surface area (Å²) >= 11 is 5.98. The molecule has 11 heteroatoms. The molecule has 210 valence electrons. The second-order valence-electron chi connectivity index (χ2n) is 10.3. The average molecular weight is 585 g/mol. The van der Waals surface area contributed by atoms with Crippen molar-refractivity contribution in [3.05, 3.63) is 87.7 Å². The minimum Gasteiger partial charge on any atom is -0.371 e. The summed E-state index contributed by atoms with van der Waals surface area (Å²) in [5.41, 5.74) is 5.23. The normalized spacial score (nSPS) is 17.2. The van der Waals surface area contributed by atoms with Crippen molar-refractivity contribution in [1.29, 1.82) is 0 Å². The Hall–Kier alpha value is -3.63. The predicted octanol–water partition coefficient (Wildman–Crippen LogP) is 4.41. The molecule has 1 atom stereocenters. The zero-order chi connectivity index (χ0) is 28.6. The van der Waals surface area contributed by atoms with Gasteiger partial charge in [-0.1, -0.05) is 29.8 Å². The summed E-state index contributed by atoms with van der Waals surface area (Å²) in [5, 5.41) is 5.72. The molecule has 0 bridgehead atoms. The number of hydrogen-bond acceptors (Lipinski definition) is 6. The number of amides is 2. The lowest BCUT2D eigenvalue weighted by atomic mass is 10.1. The first-order valence-corrected chi connectivity index (χ1v) is 15.2. The number of aryl methyl sites for hydroxylation is 2. The number of halogens is 2. The quantitative estimate of drug-likeness (QED) is 0.445. The van der Waals surface area contributed by atoms with E-state index in [1.165, 1.54) is 22.9 Å². The number of nitrogens with one attached hydrogen (secondary N) is 2. The number of benzene rings is 3. The smallest absolute Gasteiger partial charge is 0.254 e. The fourth-order valence-electron chi connectivity index (χ4n) is 5.08. The van der Waals surface area contributed by atoms with Crippen LogP contribution in [-0.4, -0.2) is 63.1 Å². The van der Waals surface area contributed by atoms with Crippen molar-refractivity contribution in [2.24, 2.45) is 0 Å². The molecule has 2 aliphatic rings. The molecule has 8 nitrogen and oxygen atoms in total. The molecule has 3 aromatic rings. The summed E-state index contributed by atoms with van der Waals surface area (Å²) in [6.45, 7) is 6.75. The maximum Gasteiger partial charge on any atom is 0.254 e. The fraction of sp³-hybridized carbons (Fsp3) is 0.310. The molecule has 5 rings (SSSR count). The Labute approximate surface area is 238 Å². The number of fused-ring (bicyclic) bond motifs is 1. The van der Waals surface area contributed by atoms with Gasteiger partial charge in [-0.15, -0.1) is 0 Å². The maximum absolute atomic E-state index is 13.3. The zero-order valence-electron chi connectivity index (χ0n) is 22.2. The Bertz CT molecular complexity index is 1590. The largest absolute Gasteiger partial charge is 0.371 e. The van der Waals surface area contributed by atoms with Crippen molar-refractivity contribution in [3.63, 3.8) is 0 Å². The first kappa shape index (κ1) is 27.9. The molecule has 0 aromatic heterocycles. The van der Waals surface area contributed by atoms with Crippen molar-refractivity contribution in [2.75, 3.05) is 47.5 Å². The maximum atomic E-state index is 13.3. The molecule has 3 aromatic carbocycles. The molecule has 2 aliphatic heterocycles. The van der Waals surface area contributed by atoms with Gasteiger partial charge in [-0.2, -0.15) is 0 Å². The van der Waals surface area contributed by atoms with Gasteiger partial charge in [0.2, 0.25) is 5.91 Å². The summed E-state index contributed by atoms with van der Waals surface area (Å²) in [6, 6.07) is 13.8. The highest BCUT2D eigenvalue weighted by Gasteiger charge is 2.32. The molecule has 0 spiro atoms. The number of carbonyl (C=O) groups excluding carboxylic acids is 2. The first-order valence-electron chi connectivity index (χ1n) is 13.0. The summed E-state index contributed by atoms with van der Waals surface area (Å²) in [6.07, 6.45) is 0. The monoisotopic (exact) mass is 584 g/mol. The Kier molecular flexibility index (Phi) is 7.74. The molecule has 2 heterocycles. The van der Waals surface area contributed by atoms with Gasteiger partial charge in [0.05, 0.1) is 22.9 Å². The number of nitrogens with zero attached hydrogens (tertiary/aromatic N) is 2. The van der Waals surface area contributed by atoms with E-state index >= 15 is 0 Å². The van der Waals surface area contributed by atoms with Crippen LogP contribution in [0.5, 0.6) is 0 Å². The summed E-state index contributed by atoms with van der Waals surface area (Å²) in [4.78, 5) is 30.2. The third-order valence-corrected chi connectivity index (χ3v) is 9.20. The van der Waals surface area contributed by atoms with Crippen LogP contribution in [0.4, 0.5) is 21.5 Å². The Morgan fingerprint density at radius 2 is 1.75 bits per heavy atom. The van der Waals surface area contributed by atoms with Gasteiger partial charge in [0.15, 0.2) is 9.84 Å². The van der Waals surface area contributed by atoms with Crippen molar-refractivity contribution in [3.8, 4) is 0 Å². The van der Waals surface area contributed by atoms with Gasteiger partial charge >= 0.3 is 0 Å². The fourth-order valence-corrected chi connectivity index (χ4v) is 6.98. The van der Waals surface area contributed by atoms with Gasteiger partial charge in [-0.25, -0.2) is 12.8 Å². The molecule has 1 saturated heterocycles. The molecular weight excluding hydrogens is 555 g/mol. The highest BCUT2D eigenvalue weighted by atomic mass is 35.5.